The second-order valence-electron chi connectivity index (χ2n) is 5.11. The fourth-order valence-electron chi connectivity index (χ4n) is 2.04. The number of fused-ring (bicyclic) bond motifs is 1. The van der Waals surface area contributed by atoms with E-state index in [0.29, 0.717) is 0 Å². The Morgan fingerprint density at radius 2 is 1.77 bits per heavy atom. The molecule has 5 nitrogen and oxygen atoms in total. The average molecular weight is 388 g/mol. The van der Waals surface area contributed by atoms with Crippen molar-refractivity contribution in [3.05, 3.63) is 53.1 Å². The van der Waals surface area contributed by atoms with Crippen molar-refractivity contribution in [2.75, 3.05) is 6.61 Å². The third-order valence-corrected chi connectivity index (χ3v) is 3.43. The highest BCUT2D eigenvalue weighted by Crippen LogP contribution is 2.30. The van der Waals surface area contributed by atoms with Crippen molar-refractivity contribution in [1.82, 2.24) is 15.0 Å². The molecule has 3 rings (SSSR count). The smallest absolute Gasteiger partial charge is 0.422 e. The first-order chi connectivity index (χ1) is 12.3. The highest BCUT2D eigenvalue weighted by atomic mass is 35.5. The van der Waals surface area contributed by atoms with Gasteiger partial charge in [-0.25, -0.2) is 9.37 Å². The Bertz CT molecular complexity index is 923. The summed E-state index contributed by atoms with van der Waals surface area (Å²) in [5.41, 5.74) is 0.430. The van der Waals surface area contributed by atoms with Gasteiger partial charge in [0, 0.05) is 6.20 Å². The number of nitrogens with zero attached hydrogens (tertiary/aromatic N) is 3. The van der Waals surface area contributed by atoms with E-state index >= 15 is 0 Å². The quantitative estimate of drug-likeness (QED) is 0.481. The Kier molecular flexibility index (Phi) is 5.08. The van der Waals surface area contributed by atoms with E-state index in [1.807, 2.05) is 6.07 Å². The summed E-state index contributed by atoms with van der Waals surface area (Å²) in [5.74, 6) is -1.17. The van der Waals surface area contributed by atoms with Crippen LogP contribution in [0.4, 0.5) is 17.6 Å². The Labute approximate surface area is 149 Å². The van der Waals surface area contributed by atoms with Crippen LogP contribution in [0.2, 0.25) is 5.15 Å². The molecule has 0 saturated carbocycles. The van der Waals surface area contributed by atoms with Crippen LogP contribution in [0.1, 0.15) is 5.56 Å². The summed E-state index contributed by atoms with van der Waals surface area (Å²) in [6, 6.07) is 8.26. The van der Waals surface area contributed by atoms with Crippen molar-refractivity contribution < 1.29 is 27.0 Å². The van der Waals surface area contributed by atoms with Crippen molar-refractivity contribution in [2.45, 2.75) is 12.8 Å². The van der Waals surface area contributed by atoms with Gasteiger partial charge in [0.25, 0.3) is 0 Å². The number of hydrogen-bond acceptors (Lipinski definition) is 5. The van der Waals surface area contributed by atoms with Crippen LogP contribution in [0.3, 0.4) is 0 Å². The molecule has 0 unspecified atom stereocenters. The van der Waals surface area contributed by atoms with Crippen molar-refractivity contribution in [2.24, 2.45) is 0 Å². The summed E-state index contributed by atoms with van der Waals surface area (Å²) in [5, 5.41) is -0.422. The molecule has 2 heterocycles. The third-order valence-electron chi connectivity index (χ3n) is 3.17. The van der Waals surface area contributed by atoms with Crippen LogP contribution in [-0.2, 0) is 6.61 Å². The Balaban J connectivity index is 1.97. The molecule has 26 heavy (non-hydrogen) atoms. The molecule has 3 aromatic rings. The fourth-order valence-corrected chi connectivity index (χ4v) is 2.17. The maximum atomic E-state index is 14.2. The predicted molar refractivity (Wildman–Crippen MR) is 84.6 cm³/mol. The van der Waals surface area contributed by atoms with Gasteiger partial charge in [0.15, 0.2) is 17.6 Å². The zero-order valence-electron chi connectivity index (χ0n) is 12.9. The van der Waals surface area contributed by atoms with Gasteiger partial charge in [0.05, 0.1) is 5.39 Å². The summed E-state index contributed by atoms with van der Waals surface area (Å²) in [6.45, 7) is -1.58. The van der Waals surface area contributed by atoms with E-state index in [4.69, 9.17) is 16.3 Å². The van der Waals surface area contributed by atoms with Crippen LogP contribution >= 0.6 is 11.6 Å². The van der Waals surface area contributed by atoms with Crippen LogP contribution < -0.4 is 9.47 Å². The largest absolute Gasteiger partial charge is 0.472 e. The number of alkyl halides is 3. The van der Waals surface area contributed by atoms with Crippen LogP contribution in [0.15, 0.2) is 36.5 Å². The summed E-state index contributed by atoms with van der Waals surface area (Å²) >= 11 is 5.61. The third kappa shape index (κ3) is 4.29. The molecule has 0 N–H and O–H groups in total. The fraction of sp³-hybridized carbons (Fsp3) is 0.188. The van der Waals surface area contributed by atoms with Gasteiger partial charge in [0.2, 0.25) is 5.88 Å². The first kappa shape index (κ1) is 18.1. The van der Waals surface area contributed by atoms with E-state index < -0.39 is 29.8 Å². The van der Waals surface area contributed by atoms with Gasteiger partial charge >= 0.3 is 12.2 Å². The summed E-state index contributed by atoms with van der Waals surface area (Å²) in [6.07, 6.45) is -3.42. The second kappa shape index (κ2) is 7.28. The molecule has 0 bridgehead atoms. The lowest BCUT2D eigenvalue weighted by molar-refractivity contribution is -0.154. The average Bonchev–Trinajstić information content (AvgIpc) is 2.61. The molecular weight excluding hydrogens is 378 g/mol. The van der Waals surface area contributed by atoms with Gasteiger partial charge in [0.1, 0.15) is 12.1 Å². The first-order valence-electron chi connectivity index (χ1n) is 7.21. The molecule has 0 saturated heterocycles. The maximum Gasteiger partial charge on any atom is 0.422 e. The minimum atomic E-state index is -4.60. The number of rotatable bonds is 5. The van der Waals surface area contributed by atoms with E-state index in [0.717, 1.165) is 5.56 Å². The van der Waals surface area contributed by atoms with Gasteiger partial charge in [-0.05, 0) is 5.56 Å². The Hall–Kier alpha value is -2.68. The molecule has 0 aliphatic rings. The van der Waals surface area contributed by atoms with Crippen molar-refractivity contribution in [3.63, 3.8) is 0 Å². The molecule has 0 atom stereocenters. The van der Waals surface area contributed by atoms with E-state index in [1.165, 1.54) is 6.20 Å². The van der Waals surface area contributed by atoms with Crippen molar-refractivity contribution in [3.8, 4) is 11.9 Å². The highest BCUT2D eigenvalue weighted by molar-refractivity contribution is 6.30. The molecule has 0 aliphatic heterocycles. The number of aromatic nitrogens is 3. The highest BCUT2D eigenvalue weighted by Gasteiger charge is 2.29. The minimum absolute atomic E-state index is 0.0515. The van der Waals surface area contributed by atoms with E-state index in [1.54, 1.807) is 24.3 Å². The zero-order valence-corrected chi connectivity index (χ0v) is 13.7. The van der Waals surface area contributed by atoms with E-state index in [9.17, 15) is 17.6 Å². The van der Waals surface area contributed by atoms with E-state index in [-0.39, 0.29) is 23.4 Å². The zero-order chi connectivity index (χ0) is 18.7. The Morgan fingerprint density at radius 3 is 2.46 bits per heavy atom. The SMILES string of the molecule is Fc1c(Cl)ncc2c(OCc3ccccc3)nc(OCC(F)(F)F)nc12. The normalized spacial score (nSPS) is 11.6. The van der Waals surface area contributed by atoms with Gasteiger partial charge in [-0.2, -0.15) is 23.1 Å². The standard InChI is InChI=1S/C16H10ClF4N3O2/c17-13-11(18)12-10(6-22-13)14(25-7-9-4-2-1-3-5-9)24-15(23-12)26-8-16(19,20)21/h1-6H,7-8H2. The molecule has 0 aliphatic carbocycles. The summed E-state index contributed by atoms with van der Waals surface area (Å²) in [7, 11) is 0. The summed E-state index contributed by atoms with van der Waals surface area (Å²) in [4.78, 5) is 11.1. The number of ether oxygens (including phenoxy) is 2. The first-order valence-corrected chi connectivity index (χ1v) is 7.59. The predicted octanol–water partition coefficient (Wildman–Crippen LogP) is 4.34. The molecule has 0 radical (unpaired) electrons. The lowest BCUT2D eigenvalue weighted by Gasteiger charge is -2.12. The molecule has 0 fully saturated rings. The van der Waals surface area contributed by atoms with Crippen LogP contribution in [-0.4, -0.2) is 27.7 Å². The van der Waals surface area contributed by atoms with Gasteiger partial charge in [-0.3, -0.25) is 0 Å². The number of pyridine rings is 1. The van der Waals surface area contributed by atoms with Crippen LogP contribution in [0.5, 0.6) is 11.9 Å². The molecule has 1 aromatic carbocycles. The van der Waals surface area contributed by atoms with Crippen LogP contribution in [0, 0.1) is 5.82 Å². The molecule has 10 heteroatoms. The molecule has 0 spiro atoms. The molecule has 0 amide bonds. The van der Waals surface area contributed by atoms with Gasteiger partial charge < -0.3 is 9.47 Å². The van der Waals surface area contributed by atoms with Gasteiger partial charge in [-0.15, -0.1) is 0 Å². The maximum absolute atomic E-state index is 14.2. The van der Waals surface area contributed by atoms with Gasteiger partial charge in [-0.1, -0.05) is 41.9 Å². The van der Waals surface area contributed by atoms with E-state index in [2.05, 4.69) is 19.7 Å². The Morgan fingerprint density at radius 1 is 1.04 bits per heavy atom. The minimum Gasteiger partial charge on any atom is -0.472 e. The van der Waals surface area contributed by atoms with Crippen molar-refractivity contribution in [1.29, 1.82) is 0 Å². The number of hydrogen-bond donors (Lipinski definition) is 0. The van der Waals surface area contributed by atoms with Crippen molar-refractivity contribution >= 4 is 22.5 Å². The molecule has 136 valence electrons. The summed E-state index contributed by atoms with van der Waals surface area (Å²) < 4.78 is 61.3. The number of benzene rings is 1. The topological polar surface area (TPSA) is 57.1 Å². The lowest BCUT2D eigenvalue weighted by atomic mass is 10.2. The monoisotopic (exact) mass is 387 g/mol. The molecule has 2 aromatic heterocycles. The van der Waals surface area contributed by atoms with Crippen LogP contribution in [0.25, 0.3) is 10.9 Å². The lowest BCUT2D eigenvalue weighted by Crippen LogP contribution is -2.20. The number of halogens is 5. The second-order valence-corrected chi connectivity index (χ2v) is 5.47. The molecular formula is C16H10ClF4N3O2.